The summed E-state index contributed by atoms with van der Waals surface area (Å²) in [6.45, 7) is 0. The van der Waals surface area contributed by atoms with Crippen LogP contribution in [0.25, 0.3) is 11.2 Å². The number of nitrogens with one attached hydrogen (secondary N) is 2. The van der Waals surface area contributed by atoms with Gasteiger partial charge in [-0.3, -0.25) is 5.21 Å². The Bertz CT molecular complexity index is 1010. The van der Waals surface area contributed by atoms with Gasteiger partial charge in [0.1, 0.15) is 0 Å². The number of nitrogens with zero attached hydrogens (tertiary/aromatic N) is 5. The molecule has 0 radical (unpaired) electrons. The Labute approximate surface area is 159 Å². The van der Waals surface area contributed by atoms with Crippen molar-refractivity contribution < 1.29 is 15.1 Å². The van der Waals surface area contributed by atoms with E-state index in [2.05, 4.69) is 30.7 Å². The van der Waals surface area contributed by atoms with E-state index in [0.717, 1.165) is 30.7 Å². The van der Waals surface area contributed by atoms with Crippen LogP contribution in [0.15, 0.2) is 24.3 Å². The van der Waals surface area contributed by atoms with E-state index in [0.29, 0.717) is 0 Å². The zero-order valence-corrected chi connectivity index (χ0v) is 14.9. The Morgan fingerprint density at radius 2 is 2.07 bits per heavy atom. The molecule has 1 aromatic carbocycles. The van der Waals surface area contributed by atoms with Crippen molar-refractivity contribution in [2.24, 2.45) is 5.73 Å². The first-order chi connectivity index (χ1) is 13.5. The number of carbonyl (C=O) groups is 1. The SMILES string of the molecule is NC1CCCCC1Nc1nc(N(O)c2cccc(C(=O)O)c2)c2n[nH]nc2n1. The van der Waals surface area contributed by atoms with Crippen molar-refractivity contribution in [3.8, 4) is 0 Å². The number of benzene rings is 1. The highest BCUT2D eigenvalue weighted by molar-refractivity contribution is 5.90. The molecule has 4 rings (SSSR count). The highest BCUT2D eigenvalue weighted by atomic mass is 16.5. The number of carboxylic acid groups (broad SMARTS) is 1. The van der Waals surface area contributed by atoms with Crippen molar-refractivity contribution in [1.82, 2.24) is 25.4 Å². The second-order valence-electron chi connectivity index (χ2n) is 6.73. The van der Waals surface area contributed by atoms with E-state index >= 15 is 0 Å². The molecule has 11 heteroatoms. The Kier molecular flexibility index (Phi) is 4.75. The molecule has 2 atom stereocenters. The molecule has 0 spiro atoms. The summed E-state index contributed by atoms with van der Waals surface area (Å²) in [5, 5.41) is 34.3. The number of hydrogen-bond acceptors (Lipinski definition) is 9. The summed E-state index contributed by atoms with van der Waals surface area (Å²) in [5.74, 6) is -0.751. The quantitative estimate of drug-likeness (QED) is 0.408. The molecule has 0 saturated heterocycles. The number of H-pyrrole nitrogens is 1. The molecule has 146 valence electrons. The topological polar surface area (TPSA) is 166 Å². The average Bonchev–Trinajstić information content (AvgIpc) is 3.17. The van der Waals surface area contributed by atoms with Crippen LogP contribution in [-0.2, 0) is 0 Å². The lowest BCUT2D eigenvalue weighted by Crippen LogP contribution is -2.43. The van der Waals surface area contributed by atoms with Crippen molar-refractivity contribution in [2.45, 2.75) is 37.8 Å². The number of anilines is 3. The standard InChI is InChI=1S/C17H20N8O3/c18-11-6-1-2-7-12(11)19-17-20-14-13(22-24-23-14)15(21-17)25(28)10-5-3-4-9(8-10)16(26)27/h3-5,8,11-12,28H,1-2,6-7,18H2,(H,26,27)(H2,19,20,21,22,23,24). The first-order valence-corrected chi connectivity index (χ1v) is 8.96. The molecule has 1 aliphatic rings. The molecule has 1 saturated carbocycles. The molecule has 6 N–H and O–H groups in total. The molecule has 0 amide bonds. The maximum Gasteiger partial charge on any atom is 0.335 e. The number of fused-ring (bicyclic) bond motifs is 1. The summed E-state index contributed by atoms with van der Waals surface area (Å²) < 4.78 is 0. The van der Waals surface area contributed by atoms with Gasteiger partial charge in [0.2, 0.25) is 11.6 Å². The van der Waals surface area contributed by atoms with E-state index in [-0.39, 0.29) is 46.3 Å². The van der Waals surface area contributed by atoms with Gasteiger partial charge in [-0.15, -0.1) is 5.10 Å². The van der Waals surface area contributed by atoms with Gasteiger partial charge in [-0.2, -0.15) is 20.3 Å². The zero-order valence-electron chi connectivity index (χ0n) is 14.9. The normalized spacial score (nSPS) is 19.5. The maximum atomic E-state index is 11.2. The second kappa shape index (κ2) is 7.37. The van der Waals surface area contributed by atoms with Gasteiger partial charge in [0.25, 0.3) is 0 Å². The second-order valence-corrected chi connectivity index (χ2v) is 6.73. The molecule has 28 heavy (non-hydrogen) atoms. The van der Waals surface area contributed by atoms with Crippen LogP contribution in [0, 0.1) is 0 Å². The molecule has 2 heterocycles. The van der Waals surface area contributed by atoms with Crippen molar-refractivity contribution in [1.29, 1.82) is 0 Å². The monoisotopic (exact) mass is 384 g/mol. The van der Waals surface area contributed by atoms with E-state index < -0.39 is 5.97 Å². The molecule has 0 bridgehead atoms. The molecule has 3 aromatic rings. The lowest BCUT2D eigenvalue weighted by molar-refractivity contribution is 0.0697. The van der Waals surface area contributed by atoms with E-state index in [9.17, 15) is 15.1 Å². The Hall–Kier alpha value is -3.31. The van der Waals surface area contributed by atoms with E-state index in [1.165, 1.54) is 18.2 Å². The summed E-state index contributed by atoms with van der Waals surface area (Å²) in [7, 11) is 0. The van der Waals surface area contributed by atoms with Crippen molar-refractivity contribution >= 4 is 34.6 Å². The molecule has 1 fully saturated rings. The number of hydrogen-bond donors (Lipinski definition) is 5. The fraction of sp³-hybridized carbons (Fsp3) is 0.353. The molecular weight excluding hydrogens is 364 g/mol. The summed E-state index contributed by atoms with van der Waals surface area (Å²) in [6.07, 6.45) is 3.99. The minimum absolute atomic E-state index is 0.00807. The molecule has 2 aromatic heterocycles. The van der Waals surface area contributed by atoms with E-state index in [4.69, 9.17) is 5.73 Å². The number of aromatic nitrogens is 5. The predicted octanol–water partition coefficient (Wildman–Crippen LogP) is 1.66. The minimum atomic E-state index is -1.10. The molecule has 2 unspecified atom stereocenters. The van der Waals surface area contributed by atoms with Gasteiger partial charge in [0.15, 0.2) is 11.3 Å². The number of aromatic carboxylic acids is 1. The van der Waals surface area contributed by atoms with Crippen LogP contribution in [0.1, 0.15) is 36.0 Å². The lowest BCUT2D eigenvalue weighted by atomic mass is 9.91. The van der Waals surface area contributed by atoms with Crippen LogP contribution in [-0.4, -0.2) is 53.7 Å². The molecule has 0 aliphatic heterocycles. The molecule has 11 nitrogen and oxygen atoms in total. The number of aromatic amines is 1. The minimum Gasteiger partial charge on any atom is -0.478 e. The van der Waals surface area contributed by atoms with Crippen molar-refractivity contribution in [3.63, 3.8) is 0 Å². The van der Waals surface area contributed by atoms with Crippen LogP contribution >= 0.6 is 0 Å². The fourth-order valence-corrected chi connectivity index (χ4v) is 3.34. The van der Waals surface area contributed by atoms with Gasteiger partial charge in [0, 0.05) is 12.1 Å². The summed E-state index contributed by atoms with van der Waals surface area (Å²) in [4.78, 5) is 19.9. The fourth-order valence-electron chi connectivity index (χ4n) is 3.34. The average molecular weight is 384 g/mol. The third-order valence-electron chi connectivity index (χ3n) is 4.84. The van der Waals surface area contributed by atoms with Crippen LogP contribution in [0.5, 0.6) is 0 Å². The van der Waals surface area contributed by atoms with Crippen molar-refractivity contribution in [3.05, 3.63) is 29.8 Å². The molecule has 1 aliphatic carbocycles. The van der Waals surface area contributed by atoms with Gasteiger partial charge in [-0.25, -0.2) is 9.86 Å². The number of nitrogens with two attached hydrogens (primary N) is 1. The Morgan fingerprint density at radius 1 is 1.25 bits per heavy atom. The van der Waals surface area contributed by atoms with Crippen LogP contribution in [0.2, 0.25) is 0 Å². The first kappa shape index (κ1) is 18.1. The highest BCUT2D eigenvalue weighted by Gasteiger charge is 2.24. The molecular formula is C17H20N8O3. The van der Waals surface area contributed by atoms with E-state index in [1.54, 1.807) is 6.07 Å². The number of rotatable bonds is 5. The summed E-state index contributed by atoms with van der Waals surface area (Å²) in [5.41, 5.74) is 6.97. The first-order valence-electron chi connectivity index (χ1n) is 8.96. The zero-order chi connectivity index (χ0) is 19.7. The van der Waals surface area contributed by atoms with Gasteiger partial charge in [-0.05, 0) is 31.0 Å². The van der Waals surface area contributed by atoms with Crippen LogP contribution in [0.3, 0.4) is 0 Å². The van der Waals surface area contributed by atoms with Gasteiger partial charge < -0.3 is 16.2 Å². The van der Waals surface area contributed by atoms with Gasteiger partial charge in [0.05, 0.1) is 11.3 Å². The van der Waals surface area contributed by atoms with Crippen LogP contribution < -0.4 is 16.1 Å². The Balaban J connectivity index is 1.70. The van der Waals surface area contributed by atoms with Crippen molar-refractivity contribution in [2.75, 3.05) is 10.4 Å². The van der Waals surface area contributed by atoms with E-state index in [1.807, 2.05) is 0 Å². The van der Waals surface area contributed by atoms with Gasteiger partial charge >= 0.3 is 5.97 Å². The summed E-state index contributed by atoms with van der Waals surface area (Å²) >= 11 is 0. The highest BCUT2D eigenvalue weighted by Crippen LogP contribution is 2.29. The number of carboxylic acids is 1. The van der Waals surface area contributed by atoms with Crippen LogP contribution in [0.4, 0.5) is 17.5 Å². The predicted molar refractivity (Wildman–Crippen MR) is 101 cm³/mol. The largest absolute Gasteiger partial charge is 0.478 e. The maximum absolute atomic E-state index is 11.2. The van der Waals surface area contributed by atoms with Gasteiger partial charge in [-0.1, -0.05) is 18.9 Å². The smallest absolute Gasteiger partial charge is 0.335 e. The third-order valence-corrected chi connectivity index (χ3v) is 4.84. The third kappa shape index (κ3) is 3.44. The summed E-state index contributed by atoms with van der Waals surface area (Å²) in [6, 6.07) is 5.87. The lowest BCUT2D eigenvalue weighted by Gasteiger charge is -2.29. The Morgan fingerprint density at radius 3 is 2.86 bits per heavy atom.